The Balaban J connectivity index is 1.92. The topological polar surface area (TPSA) is 70.1 Å². The Morgan fingerprint density at radius 3 is 2.32 bits per heavy atom. The number of anilines is 1. The molecule has 11 heteroatoms. The number of hydrogen-bond donors (Lipinski definition) is 1. The minimum Gasteiger partial charge on any atom is -0.493 e. The lowest BCUT2D eigenvalue weighted by Crippen LogP contribution is -2.37. The molecule has 0 spiro atoms. The molecule has 2 aromatic carbocycles. The molecule has 6 nitrogen and oxygen atoms in total. The van der Waals surface area contributed by atoms with Crippen LogP contribution in [0.2, 0.25) is 25.7 Å². The molecule has 0 saturated carbocycles. The summed E-state index contributed by atoms with van der Waals surface area (Å²) in [7, 11) is -5.71. The van der Waals surface area contributed by atoms with Gasteiger partial charge >= 0.3 is 16.4 Å². The fourth-order valence-corrected chi connectivity index (χ4v) is 5.86. The van der Waals surface area contributed by atoms with Crippen LogP contribution in [0.3, 0.4) is 0 Å². The molecule has 34 heavy (non-hydrogen) atoms. The number of halogens is 3. The van der Waals surface area contributed by atoms with Crippen molar-refractivity contribution in [3.63, 3.8) is 0 Å². The molecular weight excluding hydrogens is 485 g/mol. The Morgan fingerprint density at radius 1 is 1.03 bits per heavy atom. The molecule has 0 radical (unpaired) electrons. The van der Waals surface area contributed by atoms with Crippen LogP contribution in [0.15, 0.2) is 60.6 Å². The van der Waals surface area contributed by atoms with Crippen molar-refractivity contribution < 1.29 is 31.4 Å². The van der Waals surface area contributed by atoms with Gasteiger partial charge in [-0.2, -0.15) is 21.6 Å². The van der Waals surface area contributed by atoms with Crippen LogP contribution in [0, 0.1) is 0 Å². The predicted octanol–water partition coefficient (Wildman–Crippen LogP) is 5.82. The van der Waals surface area contributed by atoms with Gasteiger partial charge in [-0.1, -0.05) is 56.0 Å². The van der Waals surface area contributed by atoms with Gasteiger partial charge in [0.25, 0.3) is 0 Å². The van der Waals surface area contributed by atoms with Gasteiger partial charge in [0.1, 0.15) is 18.0 Å². The van der Waals surface area contributed by atoms with E-state index in [4.69, 9.17) is 4.74 Å². The number of aliphatic hydroxyl groups is 1. The van der Waals surface area contributed by atoms with E-state index in [1.807, 2.05) is 30.3 Å². The molecule has 0 bridgehead atoms. The van der Waals surface area contributed by atoms with Crippen molar-refractivity contribution in [2.75, 3.05) is 10.8 Å². The highest BCUT2D eigenvalue weighted by atomic mass is 32.2. The molecule has 0 aromatic heterocycles. The fraction of sp³-hybridized carbons (Fsp3) is 0.391. The van der Waals surface area contributed by atoms with Crippen molar-refractivity contribution in [2.24, 2.45) is 0 Å². The fourth-order valence-electron chi connectivity index (χ4n) is 3.35. The van der Waals surface area contributed by atoms with E-state index in [2.05, 4.69) is 19.6 Å². The van der Waals surface area contributed by atoms with Crippen molar-refractivity contribution in [1.82, 2.24) is 4.31 Å². The van der Waals surface area contributed by atoms with Crippen molar-refractivity contribution in [2.45, 2.75) is 51.3 Å². The molecule has 1 aliphatic rings. The first-order valence-electron chi connectivity index (χ1n) is 10.9. The van der Waals surface area contributed by atoms with E-state index in [0.717, 1.165) is 20.4 Å². The second kappa shape index (κ2) is 9.91. The number of aryl methyl sites for hydroxylation is 1. The van der Waals surface area contributed by atoms with E-state index >= 15 is 0 Å². The van der Waals surface area contributed by atoms with Crippen LogP contribution in [-0.4, -0.2) is 38.6 Å². The minimum atomic E-state index is -4.31. The van der Waals surface area contributed by atoms with Crippen LogP contribution < -0.4 is 9.04 Å². The van der Waals surface area contributed by atoms with Gasteiger partial charge in [0.05, 0.1) is 6.20 Å². The minimum absolute atomic E-state index is 0.0967. The second-order valence-electron chi connectivity index (χ2n) is 9.37. The number of nitrogens with zero attached hydrogens (tertiary/aromatic N) is 2. The molecular formula is C23H29F3N2O4SSi. The third kappa shape index (κ3) is 6.69. The summed E-state index contributed by atoms with van der Waals surface area (Å²) >= 11 is 0. The summed E-state index contributed by atoms with van der Waals surface area (Å²) in [5.74, 6) is -0.295. The van der Waals surface area contributed by atoms with Gasteiger partial charge in [0.15, 0.2) is 0 Å². The Bertz CT molecular complexity index is 1130. The Labute approximate surface area is 199 Å². The van der Waals surface area contributed by atoms with E-state index in [9.17, 15) is 26.7 Å². The van der Waals surface area contributed by atoms with Crippen LogP contribution in [0.1, 0.15) is 17.5 Å². The van der Waals surface area contributed by atoms with E-state index in [1.165, 1.54) is 18.2 Å². The van der Waals surface area contributed by atoms with Crippen LogP contribution in [-0.2, 0) is 23.2 Å². The lowest BCUT2D eigenvalue weighted by Gasteiger charge is -2.25. The summed E-state index contributed by atoms with van der Waals surface area (Å²) in [5.41, 5.74) is 1.30. The van der Waals surface area contributed by atoms with E-state index < -0.39 is 36.8 Å². The molecule has 186 valence electrons. The van der Waals surface area contributed by atoms with Crippen molar-refractivity contribution in [1.29, 1.82) is 0 Å². The summed E-state index contributed by atoms with van der Waals surface area (Å²) in [5, 5.41) is 10.4. The Morgan fingerprint density at radius 2 is 1.71 bits per heavy atom. The summed E-state index contributed by atoms with van der Waals surface area (Å²) in [6, 6.07) is 14.1. The zero-order chi connectivity index (χ0) is 25.1. The van der Waals surface area contributed by atoms with Crippen LogP contribution >= 0.6 is 0 Å². The Kier molecular flexibility index (Phi) is 7.56. The maximum Gasteiger partial charge on any atom is 0.389 e. The summed E-state index contributed by atoms with van der Waals surface area (Å²) in [4.78, 5) is 0. The van der Waals surface area contributed by atoms with Crippen molar-refractivity contribution >= 4 is 24.0 Å². The standard InChI is InChI=1S/C23H29F3N2O4SSi/c1-34(2,3)14-13-27-22(29)16-28(33(27,30)31)20-10-9-18(11-12-23(24,25)26)15-21(20)32-17-19-7-5-4-6-8-19/h4-10,15-16,29H,11-14,17H2,1-3H3. The summed E-state index contributed by atoms with van der Waals surface area (Å²) in [6.45, 7) is 6.54. The first-order chi connectivity index (χ1) is 15.8. The molecule has 0 unspecified atom stereocenters. The van der Waals surface area contributed by atoms with Crippen molar-refractivity contribution in [3.8, 4) is 5.75 Å². The average Bonchev–Trinajstić information content (AvgIpc) is 2.97. The SMILES string of the molecule is C[Si](C)(C)CCN1C(O)=CN(c2ccc(CCC(F)(F)F)cc2OCc2ccccc2)S1(=O)=O. The number of ether oxygens (including phenoxy) is 1. The van der Waals surface area contributed by atoms with Crippen molar-refractivity contribution in [3.05, 3.63) is 71.7 Å². The first-order valence-corrected chi connectivity index (χ1v) is 16.0. The molecule has 2 aromatic rings. The van der Waals surface area contributed by atoms with Gasteiger partial charge < -0.3 is 9.84 Å². The van der Waals surface area contributed by atoms with Gasteiger partial charge in [-0.3, -0.25) is 0 Å². The molecule has 0 amide bonds. The van der Waals surface area contributed by atoms with Crippen LogP contribution in [0.4, 0.5) is 18.9 Å². The molecule has 0 fully saturated rings. The highest BCUT2D eigenvalue weighted by molar-refractivity contribution is 7.91. The quantitative estimate of drug-likeness (QED) is 0.428. The lowest BCUT2D eigenvalue weighted by molar-refractivity contribution is -0.134. The van der Waals surface area contributed by atoms with E-state index in [-0.39, 0.29) is 31.0 Å². The molecule has 1 heterocycles. The monoisotopic (exact) mass is 514 g/mol. The Hall–Kier alpha value is -2.66. The van der Waals surface area contributed by atoms with E-state index in [1.54, 1.807) is 0 Å². The molecule has 0 aliphatic carbocycles. The van der Waals surface area contributed by atoms with Gasteiger partial charge in [-0.25, -0.2) is 8.61 Å². The zero-order valence-electron chi connectivity index (χ0n) is 19.3. The predicted molar refractivity (Wildman–Crippen MR) is 129 cm³/mol. The second-order valence-corrected chi connectivity index (χ2v) is 16.7. The van der Waals surface area contributed by atoms with Gasteiger partial charge in [0, 0.05) is 21.0 Å². The summed E-state index contributed by atoms with van der Waals surface area (Å²) in [6.07, 6.45) is -4.48. The molecule has 3 rings (SSSR count). The van der Waals surface area contributed by atoms with Crippen LogP contribution in [0.25, 0.3) is 0 Å². The van der Waals surface area contributed by atoms with Crippen LogP contribution in [0.5, 0.6) is 5.75 Å². The van der Waals surface area contributed by atoms with Gasteiger partial charge in [-0.15, -0.1) is 0 Å². The lowest BCUT2D eigenvalue weighted by atomic mass is 10.1. The summed E-state index contributed by atoms with van der Waals surface area (Å²) < 4.78 is 72.4. The third-order valence-corrected chi connectivity index (χ3v) is 8.73. The smallest absolute Gasteiger partial charge is 0.389 e. The highest BCUT2D eigenvalue weighted by Gasteiger charge is 2.39. The number of hydrogen-bond acceptors (Lipinski definition) is 4. The number of rotatable bonds is 9. The molecule has 1 N–H and O–H groups in total. The van der Waals surface area contributed by atoms with Gasteiger partial charge in [0.2, 0.25) is 5.88 Å². The van der Waals surface area contributed by atoms with Gasteiger partial charge in [-0.05, 0) is 35.7 Å². The average molecular weight is 515 g/mol. The van der Waals surface area contributed by atoms with E-state index in [0.29, 0.717) is 11.6 Å². The maximum atomic E-state index is 13.2. The highest BCUT2D eigenvalue weighted by Crippen LogP contribution is 2.38. The normalized spacial score (nSPS) is 16.0. The number of benzene rings is 2. The molecule has 0 atom stereocenters. The third-order valence-electron chi connectivity index (χ3n) is 5.28. The largest absolute Gasteiger partial charge is 0.493 e. The number of alkyl halides is 3. The molecule has 1 aliphatic heterocycles. The first kappa shape index (κ1) is 26.0. The zero-order valence-corrected chi connectivity index (χ0v) is 21.2. The maximum absolute atomic E-state index is 13.2. The number of aliphatic hydroxyl groups excluding tert-OH is 1. The molecule has 0 saturated heterocycles.